The molecule has 0 atom stereocenters. The minimum atomic E-state index is -1.21. The third-order valence-electron chi connectivity index (χ3n) is 2.60. The molecule has 2 rings (SSSR count). The van der Waals surface area contributed by atoms with Crippen molar-refractivity contribution in [2.75, 3.05) is 5.32 Å². The third-order valence-corrected chi connectivity index (χ3v) is 2.60. The molecule has 104 valence electrons. The molecule has 0 aliphatic heterocycles. The van der Waals surface area contributed by atoms with Gasteiger partial charge in [0.15, 0.2) is 0 Å². The van der Waals surface area contributed by atoms with Gasteiger partial charge in [0.1, 0.15) is 17.5 Å². The van der Waals surface area contributed by atoms with Crippen LogP contribution >= 0.6 is 0 Å². The van der Waals surface area contributed by atoms with Crippen molar-refractivity contribution in [3.63, 3.8) is 0 Å². The van der Waals surface area contributed by atoms with E-state index in [2.05, 4.69) is 15.3 Å². The Kier molecular flexibility index (Phi) is 3.79. The number of benzene rings is 1. The summed E-state index contributed by atoms with van der Waals surface area (Å²) < 4.78 is 13.7. The second-order valence-electron chi connectivity index (χ2n) is 4.06. The Morgan fingerprint density at radius 2 is 2.20 bits per heavy atom. The van der Waals surface area contributed by atoms with Gasteiger partial charge in [0.25, 0.3) is 5.56 Å². The van der Waals surface area contributed by atoms with Crippen LogP contribution in [-0.4, -0.2) is 21.0 Å². The molecule has 0 amide bonds. The Labute approximate surface area is 113 Å². The molecular weight excluding hydrogens is 265 g/mol. The van der Waals surface area contributed by atoms with E-state index >= 15 is 0 Å². The molecule has 1 heterocycles. The predicted octanol–water partition coefficient (Wildman–Crippen LogP) is 1.91. The number of hydrogen-bond acceptors (Lipinski definition) is 4. The smallest absolute Gasteiger partial charge is 0.335 e. The Morgan fingerprint density at radius 1 is 1.45 bits per heavy atom. The highest BCUT2D eigenvalue weighted by atomic mass is 19.1. The van der Waals surface area contributed by atoms with E-state index in [1.54, 1.807) is 0 Å². The number of hydrogen-bond donors (Lipinski definition) is 3. The third kappa shape index (κ3) is 3.00. The number of carbonyl (C=O) groups is 1. The zero-order valence-corrected chi connectivity index (χ0v) is 10.6. The maximum Gasteiger partial charge on any atom is 0.335 e. The lowest BCUT2D eigenvalue weighted by atomic mass is 10.2. The topological polar surface area (TPSA) is 95.1 Å². The lowest BCUT2D eigenvalue weighted by Crippen LogP contribution is -2.12. The molecule has 0 spiro atoms. The van der Waals surface area contributed by atoms with Gasteiger partial charge in [0, 0.05) is 12.5 Å². The van der Waals surface area contributed by atoms with Gasteiger partial charge in [-0.25, -0.2) is 14.2 Å². The summed E-state index contributed by atoms with van der Waals surface area (Å²) in [6.45, 7) is 1.82. The van der Waals surface area contributed by atoms with Crippen LogP contribution in [0.3, 0.4) is 0 Å². The van der Waals surface area contributed by atoms with Crippen LogP contribution in [0.2, 0.25) is 0 Å². The van der Waals surface area contributed by atoms with Crippen LogP contribution in [0.5, 0.6) is 0 Å². The average molecular weight is 277 g/mol. The number of carboxylic acids is 1. The minimum absolute atomic E-state index is 0.0511. The van der Waals surface area contributed by atoms with Gasteiger partial charge in [-0.05, 0) is 18.2 Å². The van der Waals surface area contributed by atoms with Gasteiger partial charge in [-0.3, -0.25) is 4.79 Å². The van der Waals surface area contributed by atoms with Crippen molar-refractivity contribution in [2.24, 2.45) is 0 Å². The maximum atomic E-state index is 13.7. The molecule has 0 radical (unpaired) electrons. The number of nitrogens with one attached hydrogen (secondary N) is 2. The molecule has 0 aliphatic rings. The monoisotopic (exact) mass is 277 g/mol. The number of H-pyrrole nitrogens is 1. The van der Waals surface area contributed by atoms with Gasteiger partial charge in [-0.1, -0.05) is 6.92 Å². The minimum Gasteiger partial charge on any atom is -0.478 e. The molecule has 1 aromatic heterocycles. The van der Waals surface area contributed by atoms with E-state index in [0.717, 1.165) is 6.07 Å². The van der Waals surface area contributed by atoms with Crippen LogP contribution in [0.15, 0.2) is 29.1 Å². The largest absolute Gasteiger partial charge is 0.478 e. The first-order valence-corrected chi connectivity index (χ1v) is 5.89. The molecule has 7 heteroatoms. The van der Waals surface area contributed by atoms with E-state index in [1.165, 1.54) is 18.2 Å². The molecule has 2 aromatic rings. The van der Waals surface area contributed by atoms with Gasteiger partial charge < -0.3 is 15.4 Å². The van der Waals surface area contributed by atoms with Gasteiger partial charge in [-0.2, -0.15) is 0 Å². The van der Waals surface area contributed by atoms with Crippen molar-refractivity contribution in [3.05, 3.63) is 51.8 Å². The maximum absolute atomic E-state index is 13.7. The number of aryl methyl sites for hydroxylation is 1. The summed E-state index contributed by atoms with van der Waals surface area (Å²) in [5, 5.41) is 11.4. The number of rotatable bonds is 4. The summed E-state index contributed by atoms with van der Waals surface area (Å²) in [7, 11) is 0. The second kappa shape index (κ2) is 5.52. The van der Waals surface area contributed by atoms with Crippen molar-refractivity contribution in [1.82, 2.24) is 9.97 Å². The average Bonchev–Trinajstić information content (AvgIpc) is 2.40. The lowest BCUT2D eigenvalue weighted by Gasteiger charge is -2.08. The van der Waals surface area contributed by atoms with Crippen molar-refractivity contribution >= 4 is 17.5 Å². The van der Waals surface area contributed by atoms with Crippen molar-refractivity contribution in [1.29, 1.82) is 0 Å². The van der Waals surface area contributed by atoms with Gasteiger partial charge in [-0.15, -0.1) is 0 Å². The quantitative estimate of drug-likeness (QED) is 0.793. The molecule has 1 aromatic carbocycles. The van der Waals surface area contributed by atoms with Gasteiger partial charge in [0.05, 0.1) is 11.3 Å². The molecule has 0 fully saturated rings. The van der Waals surface area contributed by atoms with Gasteiger partial charge >= 0.3 is 5.97 Å². The molecule has 0 aliphatic carbocycles. The van der Waals surface area contributed by atoms with E-state index in [9.17, 15) is 14.0 Å². The molecule has 20 heavy (non-hydrogen) atoms. The standard InChI is InChI=1S/C13H12FN3O3/c1-2-10-16-11(6-12(18)17-10)15-9-4-3-7(13(19)20)5-8(9)14/h3-6H,2H2,1H3,(H,19,20)(H2,15,16,17,18). The Balaban J connectivity index is 2.32. The van der Waals surface area contributed by atoms with E-state index in [-0.39, 0.29) is 22.6 Å². The van der Waals surface area contributed by atoms with Crippen molar-refractivity contribution < 1.29 is 14.3 Å². The van der Waals surface area contributed by atoms with E-state index in [0.29, 0.717) is 12.2 Å². The lowest BCUT2D eigenvalue weighted by molar-refractivity contribution is 0.0696. The van der Waals surface area contributed by atoms with E-state index in [4.69, 9.17) is 5.11 Å². The van der Waals surface area contributed by atoms with Crippen LogP contribution in [0.4, 0.5) is 15.9 Å². The number of aromatic nitrogens is 2. The Bertz CT molecular complexity index is 712. The number of anilines is 2. The number of aromatic carboxylic acids is 1. The first kappa shape index (κ1) is 13.7. The predicted molar refractivity (Wildman–Crippen MR) is 70.9 cm³/mol. The van der Waals surface area contributed by atoms with Crippen LogP contribution in [-0.2, 0) is 6.42 Å². The fraction of sp³-hybridized carbons (Fsp3) is 0.154. The summed E-state index contributed by atoms with van der Waals surface area (Å²) in [5.74, 6) is -1.27. The summed E-state index contributed by atoms with van der Waals surface area (Å²) in [5.41, 5.74) is -0.446. The first-order valence-electron chi connectivity index (χ1n) is 5.89. The SMILES string of the molecule is CCc1nc(Nc2ccc(C(=O)O)cc2F)cc(=O)[nH]1. The van der Waals surface area contributed by atoms with Crippen molar-refractivity contribution in [3.8, 4) is 0 Å². The highest BCUT2D eigenvalue weighted by Gasteiger charge is 2.09. The molecule has 0 unspecified atom stereocenters. The molecule has 0 saturated carbocycles. The number of nitrogens with zero attached hydrogens (tertiary/aromatic N) is 1. The summed E-state index contributed by atoms with van der Waals surface area (Å²) in [6, 6.07) is 4.65. The van der Waals surface area contributed by atoms with E-state index < -0.39 is 11.8 Å². The summed E-state index contributed by atoms with van der Waals surface area (Å²) >= 11 is 0. The zero-order valence-electron chi connectivity index (χ0n) is 10.6. The van der Waals surface area contributed by atoms with Crippen molar-refractivity contribution in [2.45, 2.75) is 13.3 Å². The number of aromatic amines is 1. The summed E-state index contributed by atoms with van der Waals surface area (Å²) in [6.07, 6.45) is 0.533. The molecule has 0 saturated heterocycles. The molecular formula is C13H12FN3O3. The highest BCUT2D eigenvalue weighted by molar-refractivity contribution is 5.88. The molecule has 3 N–H and O–H groups in total. The zero-order chi connectivity index (χ0) is 14.7. The van der Waals surface area contributed by atoms with Crippen LogP contribution in [0.25, 0.3) is 0 Å². The fourth-order valence-electron chi connectivity index (χ4n) is 1.63. The van der Waals surface area contributed by atoms with Crippen LogP contribution < -0.4 is 10.9 Å². The molecule has 6 nitrogen and oxygen atoms in total. The second-order valence-corrected chi connectivity index (χ2v) is 4.06. The normalized spacial score (nSPS) is 10.3. The summed E-state index contributed by atoms with van der Waals surface area (Å²) in [4.78, 5) is 28.7. The Hall–Kier alpha value is -2.70. The number of carboxylic acid groups (broad SMARTS) is 1. The number of halogens is 1. The Morgan fingerprint density at radius 3 is 2.80 bits per heavy atom. The molecule has 0 bridgehead atoms. The van der Waals surface area contributed by atoms with E-state index in [1.807, 2.05) is 6.92 Å². The highest BCUT2D eigenvalue weighted by Crippen LogP contribution is 2.19. The fourth-order valence-corrected chi connectivity index (χ4v) is 1.63. The van der Waals surface area contributed by atoms with Crippen LogP contribution in [0.1, 0.15) is 23.1 Å². The first-order chi connectivity index (χ1) is 9.49. The van der Waals surface area contributed by atoms with Gasteiger partial charge in [0.2, 0.25) is 0 Å². The van der Waals surface area contributed by atoms with Crippen LogP contribution in [0, 0.1) is 5.82 Å².